The van der Waals surface area contributed by atoms with Crippen molar-refractivity contribution in [2.45, 2.75) is 272 Å². The summed E-state index contributed by atoms with van der Waals surface area (Å²) in [5, 5.41) is 295. The molecule has 1 unspecified atom stereocenters. The number of carbonyl (C=O) groups is 7. The Hall–Kier alpha value is -5.15. The van der Waals surface area contributed by atoms with Crippen molar-refractivity contribution in [3.63, 3.8) is 0 Å². The van der Waals surface area contributed by atoms with E-state index in [-0.39, 0.29) is 0 Å². The van der Waals surface area contributed by atoms with Gasteiger partial charge in [0, 0.05) is 40.0 Å². The average Bonchev–Trinajstić information content (AvgIpc) is 0.755. The highest BCUT2D eigenvalue weighted by atomic mass is 16.8. The second-order valence-electron chi connectivity index (χ2n) is 26.8. The topological polar surface area (TPSA) is 814 Å². The van der Waals surface area contributed by atoms with Gasteiger partial charge < -0.3 is 216 Å². The summed E-state index contributed by atoms with van der Waals surface area (Å²) >= 11 is 0. The molecular weight excluding hydrogens is 1500 g/mol. The first kappa shape index (κ1) is 91.0. The number of carboxylic acid groups (broad SMARTS) is 3. The Labute approximate surface area is 613 Å². The van der Waals surface area contributed by atoms with E-state index in [0.29, 0.717) is 0 Å². The molecule has 4 amide bonds. The van der Waals surface area contributed by atoms with E-state index in [4.69, 9.17) is 61.6 Å². The molecule has 7 fully saturated rings. The second kappa shape index (κ2) is 38.3. The first-order chi connectivity index (χ1) is 51.1. The minimum absolute atomic E-state index is 0.799. The predicted octanol–water partition coefficient (Wildman–Crippen LogP) is -19.1. The number of carbonyl (C=O) groups excluding carboxylic acids is 4. The molecule has 0 radical (unpaired) electrons. The number of nitrogens with one attached hydrogen (secondary N) is 4. The molecule has 0 aliphatic carbocycles. The van der Waals surface area contributed by atoms with Crippen molar-refractivity contribution in [3.05, 3.63) is 0 Å². The van der Waals surface area contributed by atoms with Gasteiger partial charge in [-0.05, 0) is 0 Å². The summed E-state index contributed by atoms with van der Waals surface area (Å²) in [5.41, 5.74) is 0. The Morgan fingerprint density at radius 3 is 1.19 bits per heavy atom. The zero-order valence-corrected chi connectivity index (χ0v) is 57.8. The summed E-state index contributed by atoms with van der Waals surface area (Å²) in [6, 6.07) is -8.19. The molecule has 50 heteroatoms. The fraction of sp³-hybridized carbons (Fsp3) is 0.881. The monoisotopic (exact) mass is 1600 g/mol. The molecule has 7 heterocycles. The highest BCUT2D eigenvalue weighted by Gasteiger charge is 2.66. The standard InChI is InChI=1S/C59H96N4O46/c1-15(72)60-29-18(75)4-57(54(91)92,105-45(29)33(81)21(78)7-64)104-25(11-68)37(85)47-30(61-16(2)73)19(76)5-59(107-47,56(95)96)109-49-41(89)53(101-42-26(12-69)97-50(90)39(87)38(42)86)100-27(13-70)43(49)102-51-32(62-17(3)74)44(35(83)23(9-66)98-51)103-52-40(88)48(36(84)24(10-67)99-52)108-58(55(93)94)6-20(77)31(63-28(80)14-71)46(106-58)34(82)22(79)8-65/h18-27,29-53,64-71,75-79,81-90H,4-14H2,1-3H3,(H,60,72)(H,61,73)(H,62,74)(H,63,80)(H,91,92)(H,93,94)(H,95,96)/t18-,19-,20-,21+,22+,23+,24+,25+,26+,27+,29+,30+,31+,32+,33+,34+,35-,36-,37+,38+,39+,40+,41+,42+,43-,44+,45+,46+,47+,48-,49+,50?,51-,52-,53-,57+,58-,59-/m0/s1. The van der Waals surface area contributed by atoms with E-state index < -0.39 is 345 Å². The lowest BCUT2D eigenvalue weighted by Crippen LogP contribution is -2.73. The van der Waals surface area contributed by atoms with E-state index in [1.807, 2.05) is 5.32 Å². The van der Waals surface area contributed by atoms with Crippen LogP contribution in [0.4, 0.5) is 0 Å². The van der Waals surface area contributed by atoms with Crippen LogP contribution >= 0.6 is 0 Å². The number of ether oxygens (including phenoxy) is 13. The molecule has 0 aromatic rings. The molecule has 0 bridgehead atoms. The van der Waals surface area contributed by atoms with Crippen molar-refractivity contribution in [2.24, 2.45) is 0 Å². The number of aliphatic hydroxyl groups excluding tert-OH is 23. The van der Waals surface area contributed by atoms with Crippen LogP contribution in [0.3, 0.4) is 0 Å². The lowest BCUT2D eigenvalue weighted by molar-refractivity contribution is -0.405. The van der Waals surface area contributed by atoms with E-state index in [0.717, 1.165) is 20.8 Å². The zero-order valence-electron chi connectivity index (χ0n) is 57.8. The Morgan fingerprint density at radius 1 is 0.394 bits per heavy atom. The Balaban J connectivity index is 1.31. The van der Waals surface area contributed by atoms with E-state index in [2.05, 4.69) is 16.0 Å². The number of carboxylic acids is 3. The van der Waals surface area contributed by atoms with E-state index in [1.54, 1.807) is 0 Å². The maximum atomic E-state index is 14.2. The molecule has 38 atom stereocenters. The largest absolute Gasteiger partial charge is 0.477 e. The van der Waals surface area contributed by atoms with Crippen LogP contribution in [0.5, 0.6) is 0 Å². The average molecular weight is 1600 g/mol. The molecule has 0 aromatic carbocycles. The summed E-state index contributed by atoms with van der Waals surface area (Å²) in [6.45, 7) is -8.22. The van der Waals surface area contributed by atoms with Crippen LogP contribution in [0.1, 0.15) is 40.0 Å². The van der Waals surface area contributed by atoms with Crippen LogP contribution in [0.15, 0.2) is 0 Å². The van der Waals surface area contributed by atoms with Gasteiger partial charge in [0.2, 0.25) is 23.6 Å². The van der Waals surface area contributed by atoms with Crippen molar-refractivity contribution in [3.8, 4) is 0 Å². The third-order valence-corrected chi connectivity index (χ3v) is 19.2. The maximum Gasteiger partial charge on any atom is 0.364 e. The first-order valence-corrected chi connectivity index (χ1v) is 33.7. The highest BCUT2D eigenvalue weighted by Crippen LogP contribution is 2.44. The predicted molar refractivity (Wildman–Crippen MR) is 331 cm³/mol. The minimum Gasteiger partial charge on any atom is -0.477 e. The van der Waals surface area contributed by atoms with E-state index in [1.165, 1.54) is 0 Å². The van der Waals surface area contributed by atoms with Gasteiger partial charge in [-0.3, -0.25) is 19.2 Å². The smallest absolute Gasteiger partial charge is 0.364 e. The van der Waals surface area contributed by atoms with Gasteiger partial charge in [0.25, 0.3) is 17.4 Å². The van der Waals surface area contributed by atoms with Gasteiger partial charge >= 0.3 is 17.9 Å². The molecule has 0 aromatic heterocycles. The molecule has 7 saturated heterocycles. The lowest BCUT2D eigenvalue weighted by atomic mass is 9.87. The normalized spacial score (nSPS) is 43.1. The zero-order chi connectivity index (χ0) is 81.5. The SMILES string of the molecule is CC(=O)N[C@H]1[C@H](O[C@@H]2[C@H](O[C@]3(C(=O)O)C[C@H](O)[C@@H](NC(C)=O)[C@H]([C@H](O)[C@@H](CO)O[C@]4(C(=O)O)C[C@H](O)[C@@H](NC(C)=O)[C@H]([C@H](O)[C@H](O)CO)O4)O3)[C@@H](O)[C@H](O[C@H]3[C@H](O)[C@@H](O)C(O)O[C@@H]3CO)O[C@@H]2CO)O[C@H](CO)[C@H](O)[C@@H]1O[C@@H]1O[C@H](CO)[C@H](O)[C@H](O[C@]2(C(=O)O)C[C@H](O)[C@@H](NC(=O)CO)[C@H]([C@H](O)[C@H](O)CO)O2)[C@H]1O. The first-order valence-electron chi connectivity index (χ1n) is 33.7. The number of aliphatic carboxylic acids is 3. The number of rotatable bonds is 33. The molecule has 109 heavy (non-hydrogen) atoms. The quantitative estimate of drug-likeness (QED) is 0.0290. The highest BCUT2D eigenvalue weighted by molar-refractivity contribution is 5.79. The summed E-state index contributed by atoms with van der Waals surface area (Å²) in [7, 11) is 0. The molecule has 0 spiro atoms. The van der Waals surface area contributed by atoms with Gasteiger partial charge in [-0.2, -0.15) is 0 Å². The number of aliphatic hydroxyl groups is 23. The number of hydrogen-bond acceptors (Lipinski definition) is 43. The molecule has 7 rings (SSSR count). The molecule has 30 N–H and O–H groups in total. The van der Waals surface area contributed by atoms with Crippen LogP contribution in [-0.2, 0) is 95.1 Å². The van der Waals surface area contributed by atoms with E-state index in [9.17, 15) is 166 Å². The number of hydrogen-bond donors (Lipinski definition) is 30. The molecule has 0 saturated carbocycles. The van der Waals surface area contributed by atoms with Gasteiger partial charge in [-0.25, -0.2) is 14.4 Å². The van der Waals surface area contributed by atoms with Gasteiger partial charge in [-0.15, -0.1) is 0 Å². The third kappa shape index (κ3) is 19.8. The van der Waals surface area contributed by atoms with Gasteiger partial charge in [0.05, 0.1) is 82.7 Å². The van der Waals surface area contributed by atoms with Crippen LogP contribution < -0.4 is 21.3 Å². The third-order valence-electron chi connectivity index (χ3n) is 19.2. The van der Waals surface area contributed by atoms with Crippen molar-refractivity contribution >= 4 is 41.5 Å². The minimum atomic E-state index is -3.76. The fourth-order valence-electron chi connectivity index (χ4n) is 13.7. The number of amides is 4. The van der Waals surface area contributed by atoms with Gasteiger partial charge in [0.1, 0.15) is 159 Å². The van der Waals surface area contributed by atoms with Crippen LogP contribution in [0.25, 0.3) is 0 Å². The Kier molecular flexibility index (Phi) is 32.0. The van der Waals surface area contributed by atoms with Gasteiger partial charge in [0.15, 0.2) is 25.2 Å². The summed E-state index contributed by atoms with van der Waals surface area (Å²) in [5.74, 6) is -22.0. The molecular formula is C59H96N4O46. The molecule has 628 valence electrons. The summed E-state index contributed by atoms with van der Waals surface area (Å²) in [6.07, 6.45) is -78.6. The fourth-order valence-corrected chi connectivity index (χ4v) is 13.7. The molecule has 50 nitrogen and oxygen atoms in total. The van der Waals surface area contributed by atoms with Crippen molar-refractivity contribution in [2.75, 3.05) is 52.9 Å². The van der Waals surface area contributed by atoms with Crippen molar-refractivity contribution in [1.82, 2.24) is 21.3 Å². The molecule has 7 aliphatic heterocycles. The molecule has 7 aliphatic rings. The van der Waals surface area contributed by atoms with Crippen LogP contribution in [-0.4, -0.2) is 459 Å². The van der Waals surface area contributed by atoms with Gasteiger partial charge in [-0.1, -0.05) is 0 Å². The van der Waals surface area contributed by atoms with Crippen LogP contribution in [0, 0.1) is 0 Å². The second-order valence-corrected chi connectivity index (χ2v) is 26.8. The van der Waals surface area contributed by atoms with Crippen molar-refractivity contribution < 1.29 is 228 Å². The maximum absolute atomic E-state index is 14.2. The van der Waals surface area contributed by atoms with Crippen LogP contribution in [0.2, 0.25) is 0 Å². The summed E-state index contributed by atoms with van der Waals surface area (Å²) < 4.78 is 75.6. The summed E-state index contributed by atoms with van der Waals surface area (Å²) in [4.78, 5) is 91.8. The Morgan fingerprint density at radius 2 is 0.761 bits per heavy atom. The van der Waals surface area contributed by atoms with E-state index >= 15 is 0 Å². The Bertz CT molecular complexity index is 3030. The lowest BCUT2D eigenvalue weighted by Gasteiger charge is -2.53. The van der Waals surface area contributed by atoms with Crippen molar-refractivity contribution in [1.29, 1.82) is 0 Å².